The molecule has 34 heavy (non-hydrogen) atoms. The van der Waals surface area contributed by atoms with Crippen LogP contribution in [0.25, 0.3) is 0 Å². The molecule has 0 unspecified atom stereocenters. The number of hydrogen-bond donors (Lipinski definition) is 1. The summed E-state index contributed by atoms with van der Waals surface area (Å²) in [6.45, 7) is 8.96. The molecule has 2 saturated carbocycles. The van der Waals surface area contributed by atoms with E-state index in [4.69, 9.17) is 18.6 Å². The van der Waals surface area contributed by atoms with Gasteiger partial charge in [-0.3, -0.25) is 19.2 Å². The number of ether oxygens (including phenoxy) is 3. The van der Waals surface area contributed by atoms with Crippen LogP contribution in [-0.2, 0) is 35.0 Å². The van der Waals surface area contributed by atoms with Crippen molar-refractivity contribution in [1.29, 1.82) is 0 Å². The summed E-state index contributed by atoms with van der Waals surface area (Å²) in [5, 5.41) is 12.5. The Bertz CT molecular complexity index is 1040. The van der Waals surface area contributed by atoms with Gasteiger partial charge in [-0.1, -0.05) is 20.8 Å². The molecular formula is C25H32O9. The quantitative estimate of drug-likeness (QED) is 0.517. The van der Waals surface area contributed by atoms with E-state index in [-0.39, 0.29) is 12.2 Å². The van der Waals surface area contributed by atoms with Crippen LogP contribution in [0.5, 0.6) is 0 Å². The van der Waals surface area contributed by atoms with E-state index in [2.05, 4.69) is 0 Å². The second kappa shape index (κ2) is 7.93. The molecule has 7 atom stereocenters. The summed E-state index contributed by atoms with van der Waals surface area (Å²) in [4.78, 5) is 49.9. The number of fused-ring (bicyclic) bond motifs is 4. The highest BCUT2D eigenvalue weighted by Crippen LogP contribution is 2.66. The Morgan fingerprint density at radius 2 is 1.59 bits per heavy atom. The average molecular weight is 477 g/mol. The normalized spacial score (nSPS) is 38.1. The minimum atomic E-state index is -1.54. The van der Waals surface area contributed by atoms with Gasteiger partial charge in [0.25, 0.3) is 0 Å². The van der Waals surface area contributed by atoms with Gasteiger partial charge < -0.3 is 23.7 Å². The van der Waals surface area contributed by atoms with Gasteiger partial charge in [-0.15, -0.1) is 0 Å². The van der Waals surface area contributed by atoms with Crippen LogP contribution in [0, 0.1) is 22.7 Å². The third kappa shape index (κ3) is 3.23. The third-order valence-corrected chi connectivity index (χ3v) is 8.57. The molecule has 186 valence electrons. The number of carbonyl (C=O) groups excluding carboxylic acids is 4. The van der Waals surface area contributed by atoms with Crippen molar-refractivity contribution in [2.75, 3.05) is 0 Å². The van der Waals surface area contributed by atoms with E-state index in [1.807, 2.05) is 0 Å². The van der Waals surface area contributed by atoms with Gasteiger partial charge in [-0.25, -0.2) is 0 Å². The maximum atomic E-state index is 13.4. The lowest BCUT2D eigenvalue weighted by molar-refractivity contribution is -0.329. The number of aliphatic hydroxyl groups is 1. The standard InChI is InChI=1S/C25H32O9/c1-12(26)32-20-21(33-13(2)27)23(4,5)25(30)9-7-15-17(24(25,6)22(20)34-14(3)28)11-18-16(19(15)29)8-10-31-18/h8,10,15,17,20-22,30H,7,9,11H2,1-6H3/t15-,17+,20+,21-,22+,24+,25-/m1/s1. The van der Waals surface area contributed by atoms with Crippen molar-refractivity contribution in [3.8, 4) is 0 Å². The zero-order chi connectivity index (χ0) is 25.2. The fourth-order valence-corrected chi connectivity index (χ4v) is 7.03. The molecule has 0 saturated heterocycles. The summed E-state index contributed by atoms with van der Waals surface area (Å²) in [6.07, 6.45) is -1.02. The van der Waals surface area contributed by atoms with Crippen LogP contribution in [0.2, 0.25) is 0 Å². The highest BCUT2D eigenvalue weighted by atomic mass is 16.6. The Labute approximate surface area is 198 Å². The molecule has 0 aliphatic heterocycles. The first-order valence-electron chi connectivity index (χ1n) is 11.6. The van der Waals surface area contributed by atoms with Crippen molar-refractivity contribution < 1.29 is 42.9 Å². The van der Waals surface area contributed by atoms with Crippen molar-refractivity contribution in [2.45, 2.75) is 84.7 Å². The predicted molar refractivity (Wildman–Crippen MR) is 116 cm³/mol. The predicted octanol–water partition coefficient (Wildman–Crippen LogP) is 2.62. The molecule has 3 aliphatic carbocycles. The van der Waals surface area contributed by atoms with E-state index in [0.717, 1.165) is 0 Å². The Morgan fingerprint density at radius 1 is 1.00 bits per heavy atom. The van der Waals surface area contributed by atoms with E-state index in [1.165, 1.54) is 27.0 Å². The minimum Gasteiger partial charge on any atom is -0.469 e. The highest BCUT2D eigenvalue weighted by molar-refractivity contribution is 6.00. The molecule has 9 heteroatoms. The van der Waals surface area contributed by atoms with E-state index in [0.29, 0.717) is 24.2 Å². The fraction of sp³-hybridized carbons (Fsp3) is 0.680. The molecule has 0 aromatic carbocycles. The molecule has 2 fully saturated rings. The van der Waals surface area contributed by atoms with Crippen molar-refractivity contribution in [1.82, 2.24) is 0 Å². The smallest absolute Gasteiger partial charge is 0.303 e. The molecule has 3 aliphatic rings. The lowest BCUT2D eigenvalue weighted by Gasteiger charge is -2.68. The summed E-state index contributed by atoms with van der Waals surface area (Å²) in [6, 6.07) is 1.66. The van der Waals surface area contributed by atoms with Crippen LogP contribution in [-0.4, -0.2) is 52.7 Å². The number of carbonyl (C=O) groups is 4. The Morgan fingerprint density at radius 3 is 2.18 bits per heavy atom. The molecule has 1 aromatic rings. The molecule has 0 spiro atoms. The molecule has 4 rings (SSSR count). The number of hydrogen-bond acceptors (Lipinski definition) is 9. The van der Waals surface area contributed by atoms with Crippen LogP contribution < -0.4 is 0 Å². The first kappa shape index (κ1) is 24.4. The molecule has 1 N–H and O–H groups in total. The maximum Gasteiger partial charge on any atom is 0.303 e. The highest BCUT2D eigenvalue weighted by Gasteiger charge is 2.76. The molecule has 9 nitrogen and oxygen atoms in total. The Kier molecular flexibility index (Phi) is 5.70. The zero-order valence-electron chi connectivity index (χ0n) is 20.4. The van der Waals surface area contributed by atoms with Crippen molar-refractivity contribution in [3.05, 3.63) is 23.7 Å². The first-order valence-corrected chi connectivity index (χ1v) is 11.6. The SMILES string of the molecule is CC(=O)O[C@H]1[C@@H](OC(C)=O)C(C)(C)[C@]2(O)CC[C@H]3C(=O)c4ccoc4C[C@@H]3[C@@]2(C)[C@H]1OC(C)=O. The second-order valence-electron chi connectivity index (χ2n) is 10.6. The average Bonchev–Trinajstić information content (AvgIpc) is 3.20. The van der Waals surface area contributed by atoms with Crippen LogP contribution in [0.3, 0.4) is 0 Å². The Balaban J connectivity index is 1.94. The largest absolute Gasteiger partial charge is 0.469 e. The summed E-state index contributed by atoms with van der Waals surface area (Å²) in [5.74, 6) is -2.38. The molecule has 1 aromatic heterocycles. The Hall–Kier alpha value is -2.68. The van der Waals surface area contributed by atoms with E-state index >= 15 is 0 Å². The number of Topliss-reactive ketones (excluding diaryl/α,β-unsaturated/α-hetero) is 1. The molecular weight excluding hydrogens is 444 g/mol. The zero-order valence-corrected chi connectivity index (χ0v) is 20.4. The summed E-state index contributed by atoms with van der Waals surface area (Å²) < 4.78 is 22.7. The number of esters is 3. The number of furan rings is 1. The van der Waals surface area contributed by atoms with Crippen LogP contribution >= 0.6 is 0 Å². The van der Waals surface area contributed by atoms with Gasteiger partial charge in [0.15, 0.2) is 24.1 Å². The van der Waals surface area contributed by atoms with Crippen molar-refractivity contribution in [3.63, 3.8) is 0 Å². The lowest BCUT2D eigenvalue weighted by atomic mass is 9.40. The maximum absolute atomic E-state index is 13.4. The van der Waals surface area contributed by atoms with Gasteiger partial charge in [0.05, 0.1) is 17.4 Å². The van der Waals surface area contributed by atoms with Crippen LogP contribution in [0.15, 0.2) is 16.7 Å². The van der Waals surface area contributed by atoms with E-state index < -0.39 is 64.5 Å². The van der Waals surface area contributed by atoms with Crippen molar-refractivity contribution in [2.24, 2.45) is 22.7 Å². The van der Waals surface area contributed by atoms with Gasteiger partial charge in [-0.05, 0) is 24.8 Å². The van der Waals surface area contributed by atoms with Gasteiger partial charge >= 0.3 is 17.9 Å². The van der Waals surface area contributed by atoms with Crippen LogP contribution in [0.1, 0.15) is 70.5 Å². The first-order chi connectivity index (χ1) is 15.8. The topological polar surface area (TPSA) is 129 Å². The summed E-state index contributed by atoms with van der Waals surface area (Å²) in [5.41, 5.74) is -3.37. The number of ketones is 1. The van der Waals surface area contributed by atoms with E-state index in [1.54, 1.807) is 26.8 Å². The van der Waals surface area contributed by atoms with Crippen molar-refractivity contribution >= 4 is 23.7 Å². The van der Waals surface area contributed by atoms with Gasteiger partial charge in [0.2, 0.25) is 0 Å². The monoisotopic (exact) mass is 476 g/mol. The third-order valence-electron chi connectivity index (χ3n) is 8.57. The molecule has 0 bridgehead atoms. The summed E-state index contributed by atoms with van der Waals surface area (Å²) >= 11 is 0. The van der Waals surface area contributed by atoms with Crippen LogP contribution in [0.4, 0.5) is 0 Å². The minimum absolute atomic E-state index is 0.0752. The van der Waals surface area contributed by atoms with Gasteiger partial charge in [-0.2, -0.15) is 0 Å². The second-order valence-corrected chi connectivity index (χ2v) is 10.6. The number of rotatable bonds is 3. The molecule has 0 amide bonds. The molecule has 0 radical (unpaired) electrons. The van der Waals surface area contributed by atoms with Gasteiger partial charge in [0, 0.05) is 43.9 Å². The van der Waals surface area contributed by atoms with E-state index in [9.17, 15) is 24.3 Å². The molecule has 1 heterocycles. The summed E-state index contributed by atoms with van der Waals surface area (Å²) in [7, 11) is 0. The lowest BCUT2D eigenvalue weighted by Crippen LogP contribution is -2.79. The van der Waals surface area contributed by atoms with Gasteiger partial charge in [0.1, 0.15) is 5.76 Å². The fourth-order valence-electron chi connectivity index (χ4n) is 7.03.